The number of hydrogen-bond donors (Lipinski definition) is 2. The van der Waals surface area contributed by atoms with Crippen molar-refractivity contribution in [2.75, 3.05) is 48.3 Å². The van der Waals surface area contributed by atoms with Crippen LogP contribution in [0.3, 0.4) is 0 Å². The smallest absolute Gasteiger partial charge is 0.255 e. The number of nitrogens with one attached hydrogen (secondary N) is 1. The molecule has 6 nitrogen and oxygen atoms in total. The average molecular weight is 442 g/mol. The quantitative estimate of drug-likeness (QED) is 0.591. The van der Waals surface area contributed by atoms with Crippen LogP contribution in [0.1, 0.15) is 29.0 Å². The van der Waals surface area contributed by atoms with Crippen LogP contribution in [0.2, 0.25) is 0 Å². The molecule has 0 bridgehead atoms. The van der Waals surface area contributed by atoms with E-state index in [1.54, 1.807) is 0 Å². The van der Waals surface area contributed by atoms with Gasteiger partial charge in [-0.25, -0.2) is 0 Å². The van der Waals surface area contributed by atoms with Crippen molar-refractivity contribution in [3.8, 4) is 0 Å². The fourth-order valence-electron chi connectivity index (χ4n) is 5.01. The number of para-hydroxylation sites is 1. The van der Waals surface area contributed by atoms with E-state index < -0.39 is 0 Å². The van der Waals surface area contributed by atoms with E-state index in [0.717, 1.165) is 55.2 Å². The summed E-state index contributed by atoms with van der Waals surface area (Å²) in [6, 6.07) is 26.5. The van der Waals surface area contributed by atoms with E-state index in [2.05, 4.69) is 57.3 Å². The van der Waals surface area contributed by atoms with Crippen molar-refractivity contribution in [2.45, 2.75) is 19.1 Å². The van der Waals surface area contributed by atoms with Crippen LogP contribution < -0.4 is 20.9 Å². The molecule has 1 fully saturated rings. The number of amides is 1. The molecule has 170 valence electrons. The Kier molecular flexibility index (Phi) is 5.92. The van der Waals surface area contributed by atoms with Crippen molar-refractivity contribution >= 4 is 23.0 Å². The molecule has 3 aromatic rings. The molecular formula is C27H31N5O. The van der Waals surface area contributed by atoms with Crippen LogP contribution in [-0.4, -0.2) is 49.6 Å². The Balaban J connectivity index is 1.33. The molecule has 0 spiro atoms. The Morgan fingerprint density at radius 1 is 0.909 bits per heavy atom. The number of benzene rings is 3. The van der Waals surface area contributed by atoms with Crippen LogP contribution in [0.4, 0.5) is 17.1 Å². The lowest BCUT2D eigenvalue weighted by atomic mass is 10.0. The highest BCUT2D eigenvalue weighted by Gasteiger charge is 2.35. The minimum Gasteiger partial charge on any atom is -0.399 e. The number of piperazine rings is 1. The van der Waals surface area contributed by atoms with Crippen molar-refractivity contribution in [3.05, 3.63) is 90.0 Å². The standard InChI is InChI=1S/C27H31N5O/c1-20(19-30-15-17-31(18-16-30)23-13-11-22(28)12-14-23)32-25-10-6-5-9-24(25)27(33)29-26(32)21-7-3-2-4-8-21/h2-14,20,26H,15-19,28H2,1H3,(H,29,33). The van der Waals surface area contributed by atoms with E-state index in [-0.39, 0.29) is 18.1 Å². The van der Waals surface area contributed by atoms with Gasteiger partial charge in [0, 0.05) is 50.1 Å². The second kappa shape index (κ2) is 9.16. The summed E-state index contributed by atoms with van der Waals surface area (Å²) < 4.78 is 0. The van der Waals surface area contributed by atoms with E-state index in [0.29, 0.717) is 0 Å². The molecule has 0 aliphatic carbocycles. The molecule has 5 rings (SSSR count). The molecule has 33 heavy (non-hydrogen) atoms. The molecule has 2 heterocycles. The lowest BCUT2D eigenvalue weighted by Crippen LogP contribution is -2.55. The molecule has 6 heteroatoms. The molecular weight excluding hydrogens is 410 g/mol. The van der Waals surface area contributed by atoms with Crippen molar-refractivity contribution in [3.63, 3.8) is 0 Å². The van der Waals surface area contributed by atoms with Gasteiger partial charge in [0.2, 0.25) is 0 Å². The fourth-order valence-corrected chi connectivity index (χ4v) is 5.01. The lowest BCUT2D eigenvalue weighted by Gasteiger charge is -2.45. The lowest BCUT2D eigenvalue weighted by molar-refractivity contribution is 0.0922. The zero-order valence-electron chi connectivity index (χ0n) is 19.0. The molecule has 1 amide bonds. The number of nitrogens with zero attached hydrogens (tertiary/aromatic N) is 3. The predicted molar refractivity (Wildman–Crippen MR) is 135 cm³/mol. The topological polar surface area (TPSA) is 64.8 Å². The van der Waals surface area contributed by atoms with E-state index in [9.17, 15) is 4.79 Å². The van der Waals surface area contributed by atoms with Gasteiger partial charge in [-0.3, -0.25) is 9.69 Å². The summed E-state index contributed by atoms with van der Waals surface area (Å²) in [6.45, 7) is 7.19. The SMILES string of the molecule is CC(CN1CCN(c2ccc(N)cc2)CC1)N1c2ccccc2C(=O)NC1c1ccccc1. The molecule has 3 aromatic carbocycles. The van der Waals surface area contributed by atoms with Gasteiger partial charge in [0.05, 0.1) is 11.3 Å². The summed E-state index contributed by atoms with van der Waals surface area (Å²) in [5, 5.41) is 3.24. The van der Waals surface area contributed by atoms with Crippen molar-refractivity contribution in [2.24, 2.45) is 0 Å². The van der Waals surface area contributed by atoms with E-state index in [1.807, 2.05) is 48.5 Å². The van der Waals surface area contributed by atoms with Crippen LogP contribution in [0, 0.1) is 0 Å². The first-order chi connectivity index (χ1) is 16.1. The van der Waals surface area contributed by atoms with Gasteiger partial charge in [-0.2, -0.15) is 0 Å². The largest absolute Gasteiger partial charge is 0.399 e. The predicted octanol–water partition coefficient (Wildman–Crippen LogP) is 3.73. The van der Waals surface area contributed by atoms with Gasteiger partial charge in [0.25, 0.3) is 5.91 Å². The first-order valence-corrected chi connectivity index (χ1v) is 11.7. The van der Waals surface area contributed by atoms with Crippen LogP contribution >= 0.6 is 0 Å². The minimum atomic E-state index is -0.181. The molecule has 2 atom stereocenters. The van der Waals surface area contributed by atoms with Gasteiger partial charge < -0.3 is 20.9 Å². The molecule has 3 N–H and O–H groups in total. The Morgan fingerprint density at radius 3 is 2.30 bits per heavy atom. The van der Waals surface area contributed by atoms with E-state index >= 15 is 0 Å². The van der Waals surface area contributed by atoms with Gasteiger partial charge >= 0.3 is 0 Å². The molecule has 2 unspecified atom stereocenters. The van der Waals surface area contributed by atoms with Crippen molar-refractivity contribution in [1.82, 2.24) is 10.2 Å². The Bertz CT molecular complexity index is 1090. The Morgan fingerprint density at radius 2 is 1.58 bits per heavy atom. The number of nitrogens with two attached hydrogens (primary N) is 1. The summed E-state index contributed by atoms with van der Waals surface area (Å²) in [4.78, 5) is 20.2. The maximum Gasteiger partial charge on any atom is 0.255 e. The highest BCUT2D eigenvalue weighted by Crippen LogP contribution is 2.35. The number of anilines is 3. The first-order valence-electron chi connectivity index (χ1n) is 11.7. The third-order valence-electron chi connectivity index (χ3n) is 6.72. The zero-order valence-corrected chi connectivity index (χ0v) is 19.0. The van der Waals surface area contributed by atoms with Gasteiger partial charge in [0.15, 0.2) is 0 Å². The summed E-state index contributed by atoms with van der Waals surface area (Å²) >= 11 is 0. The van der Waals surface area contributed by atoms with Gasteiger partial charge in [-0.15, -0.1) is 0 Å². The number of carbonyl (C=O) groups excluding carboxylic acids is 1. The van der Waals surface area contributed by atoms with Crippen LogP contribution in [0.25, 0.3) is 0 Å². The second-order valence-electron chi connectivity index (χ2n) is 8.94. The molecule has 0 radical (unpaired) electrons. The number of hydrogen-bond acceptors (Lipinski definition) is 5. The Hall–Kier alpha value is -3.51. The highest BCUT2D eigenvalue weighted by molar-refractivity contribution is 6.02. The second-order valence-corrected chi connectivity index (χ2v) is 8.94. The van der Waals surface area contributed by atoms with Gasteiger partial charge in [0.1, 0.15) is 6.17 Å². The van der Waals surface area contributed by atoms with Crippen molar-refractivity contribution in [1.29, 1.82) is 0 Å². The molecule has 0 saturated carbocycles. The van der Waals surface area contributed by atoms with Crippen molar-refractivity contribution < 1.29 is 4.79 Å². The minimum absolute atomic E-state index is 0.0139. The zero-order chi connectivity index (χ0) is 22.8. The normalized spacial score (nSPS) is 19.7. The summed E-state index contributed by atoms with van der Waals surface area (Å²) in [5.74, 6) is -0.0139. The first kappa shape index (κ1) is 21.3. The monoisotopic (exact) mass is 441 g/mol. The van der Waals surface area contributed by atoms with Gasteiger partial charge in [-0.05, 0) is 48.9 Å². The highest BCUT2D eigenvalue weighted by atomic mass is 16.2. The third-order valence-corrected chi connectivity index (χ3v) is 6.72. The number of rotatable bonds is 5. The summed E-state index contributed by atoms with van der Waals surface area (Å²) in [7, 11) is 0. The Labute approximate surface area is 195 Å². The number of carbonyl (C=O) groups is 1. The molecule has 2 aliphatic heterocycles. The molecule has 0 aromatic heterocycles. The fraction of sp³-hybridized carbons (Fsp3) is 0.296. The average Bonchev–Trinajstić information content (AvgIpc) is 2.85. The summed E-state index contributed by atoms with van der Waals surface area (Å²) in [5.41, 5.74) is 10.7. The third kappa shape index (κ3) is 4.39. The molecule has 1 saturated heterocycles. The van der Waals surface area contributed by atoms with Gasteiger partial charge in [-0.1, -0.05) is 42.5 Å². The van der Waals surface area contributed by atoms with Crippen LogP contribution in [-0.2, 0) is 0 Å². The maximum atomic E-state index is 12.9. The van der Waals surface area contributed by atoms with E-state index in [4.69, 9.17) is 5.73 Å². The van der Waals surface area contributed by atoms with Crippen LogP contribution in [0.15, 0.2) is 78.9 Å². The molecule has 2 aliphatic rings. The number of fused-ring (bicyclic) bond motifs is 1. The van der Waals surface area contributed by atoms with Crippen LogP contribution in [0.5, 0.6) is 0 Å². The van der Waals surface area contributed by atoms with E-state index in [1.165, 1.54) is 5.69 Å². The maximum absolute atomic E-state index is 12.9. The number of nitrogen functional groups attached to an aromatic ring is 1. The summed E-state index contributed by atoms with van der Waals surface area (Å²) in [6.07, 6.45) is -0.181.